The lowest BCUT2D eigenvalue weighted by Gasteiger charge is -2.07. The minimum Gasteiger partial charge on any atom is -0.368 e. The van der Waals surface area contributed by atoms with Gasteiger partial charge in [0.2, 0.25) is 0 Å². The molecule has 0 amide bonds. The molecule has 0 radical (unpaired) electrons. The van der Waals surface area contributed by atoms with Crippen LogP contribution in [0.4, 0.5) is 0 Å². The van der Waals surface area contributed by atoms with Crippen molar-refractivity contribution in [2.75, 3.05) is 14.1 Å². The number of carbonyl (C=O) groups is 1. The van der Waals surface area contributed by atoms with Gasteiger partial charge in [-0.2, -0.15) is 0 Å². The first-order valence-corrected chi connectivity index (χ1v) is 2.54. The van der Waals surface area contributed by atoms with Gasteiger partial charge in [0, 0.05) is 20.2 Å². The minimum atomic E-state index is 0.444. The maximum Gasteiger partial charge on any atom is 0.145 e. The van der Waals surface area contributed by atoms with Gasteiger partial charge in [-0.1, -0.05) is 11.6 Å². The molecule has 0 aliphatic carbocycles. The van der Waals surface area contributed by atoms with E-state index >= 15 is 0 Å². The van der Waals surface area contributed by atoms with E-state index in [4.69, 9.17) is 11.6 Å². The van der Waals surface area contributed by atoms with Crippen molar-refractivity contribution in [2.45, 2.75) is 0 Å². The molecule has 0 aromatic rings. The fourth-order valence-electron chi connectivity index (χ4n) is 0.205. The molecular weight excluding hydrogens is 126 g/mol. The van der Waals surface area contributed by atoms with Crippen LogP contribution < -0.4 is 0 Å². The first-order chi connectivity index (χ1) is 3.68. The van der Waals surface area contributed by atoms with Crippen molar-refractivity contribution in [1.29, 1.82) is 0 Å². The molecule has 3 heteroatoms. The van der Waals surface area contributed by atoms with Crippen LogP contribution in [0.3, 0.4) is 0 Å². The molecule has 0 aromatic carbocycles. The highest BCUT2D eigenvalue weighted by Gasteiger charge is 1.88. The summed E-state index contributed by atoms with van der Waals surface area (Å²) in [6.45, 7) is 0. The summed E-state index contributed by atoms with van der Waals surface area (Å²) in [6.07, 6.45) is 1.95. The smallest absolute Gasteiger partial charge is 0.145 e. The van der Waals surface area contributed by atoms with E-state index < -0.39 is 0 Å². The second-order valence-electron chi connectivity index (χ2n) is 1.52. The van der Waals surface area contributed by atoms with Crippen LogP contribution in [-0.4, -0.2) is 25.3 Å². The largest absolute Gasteiger partial charge is 0.368 e. The van der Waals surface area contributed by atoms with Crippen molar-refractivity contribution < 1.29 is 4.79 Å². The molecule has 0 saturated heterocycles. The Kier molecular flexibility index (Phi) is 3.28. The quantitative estimate of drug-likeness (QED) is 0.316. The Hall–Kier alpha value is -0.500. The number of rotatable bonds is 2. The Morgan fingerprint density at radius 3 is 2.25 bits per heavy atom. The van der Waals surface area contributed by atoms with Gasteiger partial charge in [-0.3, -0.25) is 4.79 Å². The lowest BCUT2D eigenvalue weighted by atomic mass is 10.6. The summed E-state index contributed by atoms with van der Waals surface area (Å²) in [6, 6.07) is 0. The Labute approximate surface area is 53.7 Å². The summed E-state index contributed by atoms with van der Waals surface area (Å²) >= 11 is 5.47. The number of allylic oxidation sites excluding steroid dienone is 1. The first kappa shape index (κ1) is 7.50. The third kappa shape index (κ3) is 2.64. The summed E-state index contributed by atoms with van der Waals surface area (Å²) < 4.78 is 0. The lowest BCUT2D eigenvalue weighted by Crippen LogP contribution is -2.05. The number of hydrogen-bond donors (Lipinski definition) is 0. The zero-order chi connectivity index (χ0) is 6.57. The number of hydrogen-bond acceptors (Lipinski definition) is 2. The van der Waals surface area contributed by atoms with Crippen molar-refractivity contribution in [1.82, 2.24) is 4.90 Å². The van der Waals surface area contributed by atoms with Gasteiger partial charge in [0.05, 0.1) is 0 Å². The van der Waals surface area contributed by atoms with Crippen molar-refractivity contribution >= 4 is 17.9 Å². The average Bonchev–Trinajstić information content (AvgIpc) is 1.67. The van der Waals surface area contributed by atoms with Crippen LogP contribution in [0.2, 0.25) is 0 Å². The number of nitrogens with zero attached hydrogens (tertiary/aromatic N) is 1. The van der Waals surface area contributed by atoms with Crippen LogP contribution in [0.5, 0.6) is 0 Å². The molecule has 0 N–H and O–H groups in total. The van der Waals surface area contributed by atoms with Gasteiger partial charge in [0.25, 0.3) is 0 Å². The Balaban J connectivity index is 3.78. The van der Waals surface area contributed by atoms with E-state index in [0.717, 1.165) is 0 Å². The summed E-state index contributed by atoms with van der Waals surface area (Å²) in [4.78, 5) is 11.4. The van der Waals surface area contributed by atoms with Crippen LogP contribution in [0, 0.1) is 0 Å². The van der Waals surface area contributed by atoms with Crippen molar-refractivity contribution in [3.63, 3.8) is 0 Å². The Bertz CT molecular complexity index is 109. The Morgan fingerprint density at radius 1 is 1.62 bits per heavy atom. The van der Waals surface area contributed by atoms with Crippen LogP contribution in [0.25, 0.3) is 0 Å². The zero-order valence-corrected chi connectivity index (χ0v) is 5.64. The predicted octanol–water partition coefficient (Wildman–Crippen LogP) is 0.827. The zero-order valence-electron chi connectivity index (χ0n) is 4.89. The maximum absolute atomic E-state index is 9.73. The predicted molar refractivity (Wildman–Crippen MR) is 33.7 cm³/mol. The summed E-state index contributed by atoms with van der Waals surface area (Å²) in [5.74, 6) is 0. The molecule has 0 spiro atoms. The second-order valence-corrected chi connectivity index (χ2v) is 1.91. The van der Waals surface area contributed by atoms with Gasteiger partial charge in [-0.05, 0) is 0 Å². The fraction of sp³-hybridized carbons (Fsp3) is 0.400. The second kappa shape index (κ2) is 3.50. The molecule has 0 unspecified atom stereocenters. The molecule has 8 heavy (non-hydrogen) atoms. The van der Waals surface area contributed by atoms with Gasteiger partial charge in [0.15, 0.2) is 0 Å². The molecule has 0 aromatic heterocycles. The van der Waals surface area contributed by atoms with Crippen LogP contribution >= 0.6 is 11.6 Å². The normalized spacial score (nSPS) is 11.1. The average molecular weight is 134 g/mol. The van der Waals surface area contributed by atoms with E-state index in [1.807, 2.05) is 0 Å². The van der Waals surface area contributed by atoms with E-state index in [2.05, 4.69) is 0 Å². The number of halogens is 1. The molecule has 0 aliphatic heterocycles. The van der Waals surface area contributed by atoms with E-state index in [1.54, 1.807) is 19.0 Å². The fourth-order valence-corrected chi connectivity index (χ4v) is 0.257. The van der Waals surface area contributed by atoms with Gasteiger partial charge < -0.3 is 4.90 Å². The highest BCUT2D eigenvalue weighted by atomic mass is 35.5. The monoisotopic (exact) mass is 133 g/mol. The van der Waals surface area contributed by atoms with Crippen molar-refractivity contribution in [3.8, 4) is 0 Å². The molecular formula is C5H8ClNO. The van der Waals surface area contributed by atoms with Gasteiger partial charge in [-0.25, -0.2) is 0 Å². The summed E-state index contributed by atoms with van der Waals surface area (Å²) in [7, 11) is 3.53. The van der Waals surface area contributed by atoms with Crippen LogP contribution in [0.15, 0.2) is 11.2 Å². The van der Waals surface area contributed by atoms with Crippen molar-refractivity contribution in [2.24, 2.45) is 0 Å². The molecule has 0 saturated carbocycles. The molecule has 0 heterocycles. The van der Waals surface area contributed by atoms with E-state index in [1.165, 1.54) is 6.08 Å². The molecule has 46 valence electrons. The highest BCUT2D eigenvalue weighted by Crippen LogP contribution is 2.00. The topological polar surface area (TPSA) is 20.3 Å². The first-order valence-electron chi connectivity index (χ1n) is 2.16. The SMILES string of the molecule is CN(C)/C(Cl)=C\C=O. The maximum atomic E-state index is 9.73. The van der Waals surface area contributed by atoms with Crippen LogP contribution in [-0.2, 0) is 4.79 Å². The molecule has 0 aliphatic rings. The summed E-state index contributed by atoms with van der Waals surface area (Å²) in [5, 5.41) is 0.444. The third-order valence-electron chi connectivity index (χ3n) is 0.633. The molecule has 0 fully saturated rings. The van der Waals surface area contributed by atoms with E-state index in [-0.39, 0.29) is 0 Å². The van der Waals surface area contributed by atoms with Gasteiger partial charge in [0.1, 0.15) is 11.4 Å². The van der Waals surface area contributed by atoms with E-state index in [9.17, 15) is 4.79 Å². The number of carbonyl (C=O) groups excluding carboxylic acids is 1. The van der Waals surface area contributed by atoms with Gasteiger partial charge >= 0.3 is 0 Å². The number of aldehydes is 1. The van der Waals surface area contributed by atoms with Crippen LogP contribution in [0.1, 0.15) is 0 Å². The minimum absolute atomic E-state index is 0.444. The molecule has 2 nitrogen and oxygen atoms in total. The van der Waals surface area contributed by atoms with Gasteiger partial charge in [-0.15, -0.1) is 0 Å². The molecule has 0 atom stereocenters. The third-order valence-corrected chi connectivity index (χ3v) is 1.10. The molecule has 0 rings (SSSR count). The van der Waals surface area contributed by atoms with E-state index in [0.29, 0.717) is 11.4 Å². The standard InChI is InChI=1S/C5H8ClNO/c1-7(2)5(6)3-4-8/h3-4H,1-2H3/b5-3-. The molecule has 0 bridgehead atoms. The lowest BCUT2D eigenvalue weighted by molar-refractivity contribution is -0.104. The summed E-state index contributed by atoms with van der Waals surface area (Å²) in [5.41, 5.74) is 0. The highest BCUT2D eigenvalue weighted by molar-refractivity contribution is 6.29. The Morgan fingerprint density at radius 2 is 2.12 bits per heavy atom. The van der Waals surface area contributed by atoms with Crippen molar-refractivity contribution in [3.05, 3.63) is 11.2 Å².